The van der Waals surface area contributed by atoms with E-state index in [4.69, 9.17) is 5.73 Å². The second-order valence-electron chi connectivity index (χ2n) is 6.05. The van der Waals surface area contributed by atoms with Crippen molar-refractivity contribution < 1.29 is 4.79 Å². The van der Waals surface area contributed by atoms with Crippen molar-refractivity contribution in [2.45, 2.75) is 25.6 Å². The minimum absolute atomic E-state index is 0.0619. The third-order valence-corrected chi connectivity index (χ3v) is 4.29. The summed E-state index contributed by atoms with van der Waals surface area (Å²) in [7, 11) is 1.99. The summed E-state index contributed by atoms with van der Waals surface area (Å²) < 4.78 is 0. The third-order valence-electron chi connectivity index (χ3n) is 4.29. The molecule has 1 aliphatic heterocycles. The highest BCUT2D eigenvalue weighted by molar-refractivity contribution is 5.83. The highest BCUT2D eigenvalue weighted by Crippen LogP contribution is 2.20. The van der Waals surface area contributed by atoms with Crippen LogP contribution in [-0.2, 0) is 17.9 Å². The van der Waals surface area contributed by atoms with Crippen LogP contribution in [-0.4, -0.2) is 40.3 Å². The number of anilines is 1. The quantitative estimate of drug-likeness (QED) is 0.916. The number of rotatable bonds is 5. The number of carbonyl (C=O) groups is 1. The molecular formula is C18H22N4O. The largest absolute Gasteiger partial charge is 0.384 e. The second-order valence-corrected chi connectivity index (χ2v) is 6.05. The van der Waals surface area contributed by atoms with E-state index in [1.54, 1.807) is 6.20 Å². The van der Waals surface area contributed by atoms with E-state index in [1.165, 1.54) is 5.56 Å². The molecule has 1 atom stereocenters. The summed E-state index contributed by atoms with van der Waals surface area (Å²) in [6.45, 7) is 2.19. The van der Waals surface area contributed by atoms with Crippen molar-refractivity contribution in [3.05, 3.63) is 59.8 Å². The van der Waals surface area contributed by atoms with E-state index in [2.05, 4.69) is 22.0 Å². The van der Waals surface area contributed by atoms with E-state index in [1.807, 2.05) is 42.3 Å². The van der Waals surface area contributed by atoms with E-state index >= 15 is 0 Å². The van der Waals surface area contributed by atoms with E-state index in [0.717, 1.165) is 18.5 Å². The van der Waals surface area contributed by atoms with Gasteiger partial charge in [-0.15, -0.1) is 0 Å². The zero-order chi connectivity index (χ0) is 16.2. The Balaban J connectivity index is 1.62. The number of pyridine rings is 1. The number of benzene rings is 1. The van der Waals surface area contributed by atoms with Gasteiger partial charge < -0.3 is 10.6 Å². The molecule has 5 heteroatoms. The predicted octanol–water partition coefficient (Wildman–Crippen LogP) is 1.90. The summed E-state index contributed by atoms with van der Waals surface area (Å²) in [4.78, 5) is 20.7. The monoisotopic (exact) mass is 310 g/mol. The summed E-state index contributed by atoms with van der Waals surface area (Å²) in [5.74, 6) is 0.720. The minimum atomic E-state index is -0.0619. The molecule has 1 aromatic carbocycles. The van der Waals surface area contributed by atoms with Crippen LogP contribution in [0.2, 0.25) is 0 Å². The van der Waals surface area contributed by atoms with Crippen molar-refractivity contribution in [1.82, 2.24) is 14.8 Å². The summed E-state index contributed by atoms with van der Waals surface area (Å²) in [5.41, 5.74) is 7.97. The normalized spacial score (nSPS) is 17.9. The molecule has 5 nitrogen and oxygen atoms in total. The SMILES string of the molecule is CN(Cc1ccnc(N)c1)[C@@H]1CCN(Cc2ccccc2)C1=O. The van der Waals surface area contributed by atoms with E-state index in [0.29, 0.717) is 18.9 Å². The molecule has 23 heavy (non-hydrogen) atoms. The number of hydrogen-bond acceptors (Lipinski definition) is 4. The van der Waals surface area contributed by atoms with Gasteiger partial charge in [-0.05, 0) is 36.7 Å². The van der Waals surface area contributed by atoms with Crippen molar-refractivity contribution in [3.8, 4) is 0 Å². The van der Waals surface area contributed by atoms with Crippen molar-refractivity contribution in [2.24, 2.45) is 0 Å². The van der Waals surface area contributed by atoms with Crippen LogP contribution in [0.3, 0.4) is 0 Å². The summed E-state index contributed by atoms with van der Waals surface area (Å²) in [5, 5.41) is 0. The van der Waals surface area contributed by atoms with Crippen LogP contribution in [0.5, 0.6) is 0 Å². The van der Waals surface area contributed by atoms with Crippen molar-refractivity contribution >= 4 is 11.7 Å². The lowest BCUT2D eigenvalue weighted by Gasteiger charge is -2.24. The number of likely N-dealkylation sites (N-methyl/N-ethyl adjacent to an activating group) is 1. The molecule has 1 aromatic heterocycles. The summed E-state index contributed by atoms with van der Waals surface area (Å²) in [6.07, 6.45) is 2.57. The van der Waals surface area contributed by atoms with Crippen LogP contribution in [0, 0.1) is 0 Å². The fourth-order valence-corrected chi connectivity index (χ4v) is 3.08. The van der Waals surface area contributed by atoms with E-state index < -0.39 is 0 Å². The molecule has 3 rings (SSSR count). The number of nitrogens with two attached hydrogens (primary N) is 1. The van der Waals surface area contributed by atoms with Crippen LogP contribution >= 0.6 is 0 Å². The van der Waals surface area contributed by atoms with Crippen LogP contribution in [0.1, 0.15) is 17.5 Å². The lowest BCUT2D eigenvalue weighted by Crippen LogP contribution is -2.39. The molecule has 0 saturated carbocycles. The van der Waals surface area contributed by atoms with Crippen molar-refractivity contribution in [2.75, 3.05) is 19.3 Å². The Kier molecular flexibility index (Phi) is 4.57. The first-order valence-corrected chi connectivity index (χ1v) is 7.87. The standard InChI is InChI=1S/C18H22N4O/c1-21(12-15-7-9-20-17(19)11-15)16-8-10-22(18(16)23)13-14-5-3-2-4-6-14/h2-7,9,11,16H,8,10,12-13H2,1H3,(H2,19,20)/t16-/m1/s1. The van der Waals surface area contributed by atoms with Gasteiger partial charge in [-0.1, -0.05) is 30.3 Å². The fraction of sp³-hybridized carbons (Fsp3) is 0.333. The molecule has 1 saturated heterocycles. The van der Waals surface area contributed by atoms with E-state index in [9.17, 15) is 4.79 Å². The molecule has 0 unspecified atom stereocenters. The van der Waals surface area contributed by atoms with E-state index in [-0.39, 0.29) is 11.9 Å². The van der Waals surface area contributed by atoms with Crippen LogP contribution in [0.4, 0.5) is 5.82 Å². The Morgan fingerprint density at radius 3 is 2.78 bits per heavy atom. The van der Waals surface area contributed by atoms with Gasteiger partial charge in [0.05, 0.1) is 6.04 Å². The zero-order valence-corrected chi connectivity index (χ0v) is 13.4. The van der Waals surface area contributed by atoms with Crippen molar-refractivity contribution in [3.63, 3.8) is 0 Å². The smallest absolute Gasteiger partial charge is 0.240 e. The number of likely N-dealkylation sites (tertiary alicyclic amines) is 1. The molecule has 0 spiro atoms. The van der Waals surface area contributed by atoms with Gasteiger partial charge in [-0.2, -0.15) is 0 Å². The number of amides is 1. The molecule has 0 aliphatic carbocycles. The van der Waals surface area contributed by atoms with Crippen LogP contribution < -0.4 is 5.73 Å². The Bertz CT molecular complexity index is 674. The topological polar surface area (TPSA) is 62.5 Å². The molecule has 2 aromatic rings. The average Bonchev–Trinajstić information content (AvgIpc) is 2.89. The maximum Gasteiger partial charge on any atom is 0.240 e. The lowest BCUT2D eigenvalue weighted by atomic mass is 10.2. The molecule has 0 bridgehead atoms. The van der Waals surface area contributed by atoms with Gasteiger partial charge >= 0.3 is 0 Å². The second kappa shape index (κ2) is 6.79. The first-order chi connectivity index (χ1) is 11.1. The van der Waals surface area contributed by atoms with Gasteiger partial charge in [0.2, 0.25) is 5.91 Å². The average molecular weight is 310 g/mol. The molecule has 2 N–H and O–H groups in total. The van der Waals surface area contributed by atoms with Gasteiger partial charge in [0.25, 0.3) is 0 Å². The maximum atomic E-state index is 12.7. The molecule has 1 amide bonds. The molecular weight excluding hydrogens is 288 g/mol. The highest BCUT2D eigenvalue weighted by Gasteiger charge is 2.34. The number of nitrogens with zero attached hydrogens (tertiary/aromatic N) is 3. The molecule has 2 heterocycles. The Morgan fingerprint density at radius 2 is 2.04 bits per heavy atom. The number of nitrogen functional groups attached to an aromatic ring is 1. The van der Waals surface area contributed by atoms with Gasteiger partial charge in [-0.25, -0.2) is 4.98 Å². The number of aromatic nitrogens is 1. The predicted molar refractivity (Wildman–Crippen MR) is 90.4 cm³/mol. The fourth-order valence-electron chi connectivity index (χ4n) is 3.08. The van der Waals surface area contributed by atoms with Gasteiger partial charge in [0.15, 0.2) is 0 Å². The maximum absolute atomic E-state index is 12.7. The number of carbonyl (C=O) groups excluding carboxylic acids is 1. The summed E-state index contributed by atoms with van der Waals surface area (Å²) in [6, 6.07) is 13.9. The van der Waals surface area contributed by atoms with Crippen LogP contribution in [0.15, 0.2) is 48.7 Å². The van der Waals surface area contributed by atoms with Gasteiger partial charge in [-0.3, -0.25) is 9.69 Å². The Labute approximate surface area is 136 Å². The van der Waals surface area contributed by atoms with Crippen LogP contribution in [0.25, 0.3) is 0 Å². The lowest BCUT2D eigenvalue weighted by molar-refractivity contribution is -0.132. The highest BCUT2D eigenvalue weighted by atomic mass is 16.2. The summed E-state index contributed by atoms with van der Waals surface area (Å²) >= 11 is 0. The Morgan fingerprint density at radius 1 is 1.26 bits per heavy atom. The first-order valence-electron chi connectivity index (χ1n) is 7.87. The molecule has 120 valence electrons. The molecule has 0 radical (unpaired) electrons. The zero-order valence-electron chi connectivity index (χ0n) is 13.4. The van der Waals surface area contributed by atoms with Crippen molar-refractivity contribution in [1.29, 1.82) is 0 Å². The first kappa shape index (κ1) is 15.5. The molecule has 1 aliphatic rings. The third kappa shape index (κ3) is 3.68. The minimum Gasteiger partial charge on any atom is -0.384 e. The van der Waals surface area contributed by atoms with Gasteiger partial charge in [0.1, 0.15) is 5.82 Å². The number of hydrogen-bond donors (Lipinski definition) is 1. The van der Waals surface area contributed by atoms with Gasteiger partial charge in [0, 0.05) is 25.8 Å². The Hall–Kier alpha value is -2.40. The molecule has 1 fully saturated rings.